The molecule has 6 heteroatoms. The second-order valence-corrected chi connectivity index (χ2v) is 6.49. The first kappa shape index (κ1) is 17.9. The van der Waals surface area contributed by atoms with E-state index in [0.717, 1.165) is 5.56 Å². The first-order valence-corrected chi connectivity index (χ1v) is 8.86. The highest BCUT2D eigenvalue weighted by Gasteiger charge is 2.12. The number of benzene rings is 3. The van der Waals surface area contributed by atoms with Gasteiger partial charge in [0.1, 0.15) is 11.3 Å². The molecule has 1 N–H and O–H groups in total. The average molecular weight is 393 g/mol. The van der Waals surface area contributed by atoms with Gasteiger partial charge in [0.15, 0.2) is 5.58 Å². The van der Waals surface area contributed by atoms with Crippen LogP contribution >= 0.6 is 11.6 Å². The Kier molecular flexibility index (Phi) is 4.91. The van der Waals surface area contributed by atoms with Crippen molar-refractivity contribution in [1.29, 1.82) is 0 Å². The predicted molar refractivity (Wildman–Crippen MR) is 109 cm³/mol. The van der Waals surface area contributed by atoms with Gasteiger partial charge in [-0.3, -0.25) is 4.79 Å². The minimum Gasteiger partial charge on any atom is -0.436 e. The highest BCUT2D eigenvalue weighted by Crippen LogP contribution is 2.27. The number of oxazole rings is 1. The third kappa shape index (κ3) is 3.94. The average Bonchev–Trinajstić information content (AvgIpc) is 3.11. The monoisotopic (exact) mass is 392 g/mol. The summed E-state index contributed by atoms with van der Waals surface area (Å²) in [6.07, 6.45) is 3.12. The molecule has 0 saturated heterocycles. The zero-order valence-corrected chi connectivity index (χ0v) is 15.3. The molecule has 0 atom stereocenters. The van der Waals surface area contributed by atoms with Gasteiger partial charge < -0.3 is 9.73 Å². The first-order valence-electron chi connectivity index (χ1n) is 8.48. The van der Waals surface area contributed by atoms with Crippen LogP contribution in [0.4, 0.5) is 10.1 Å². The Morgan fingerprint density at radius 3 is 2.64 bits per heavy atom. The van der Waals surface area contributed by atoms with Crippen molar-refractivity contribution >= 4 is 40.4 Å². The van der Waals surface area contributed by atoms with Gasteiger partial charge in [-0.05, 0) is 48.0 Å². The second kappa shape index (κ2) is 7.66. The minimum absolute atomic E-state index is 0.194. The SMILES string of the molecule is O=C(C=Cc1ccc(Cl)cc1)Nc1ccc2nc(-c3ccccc3F)oc2c1. The molecular weight excluding hydrogens is 379 g/mol. The van der Waals surface area contributed by atoms with Crippen LogP contribution in [0.25, 0.3) is 28.6 Å². The smallest absolute Gasteiger partial charge is 0.248 e. The number of halogens is 2. The Balaban J connectivity index is 1.52. The molecule has 4 rings (SSSR count). The second-order valence-electron chi connectivity index (χ2n) is 6.06. The van der Waals surface area contributed by atoms with Gasteiger partial charge in [-0.25, -0.2) is 9.37 Å². The van der Waals surface area contributed by atoms with Crippen LogP contribution in [0, 0.1) is 5.82 Å². The molecule has 0 aliphatic rings. The van der Waals surface area contributed by atoms with Crippen molar-refractivity contribution in [3.8, 4) is 11.5 Å². The third-order valence-corrected chi connectivity index (χ3v) is 4.31. The maximum atomic E-state index is 13.9. The Morgan fingerprint density at radius 2 is 1.86 bits per heavy atom. The van der Waals surface area contributed by atoms with Crippen LogP contribution in [0.2, 0.25) is 5.02 Å². The van der Waals surface area contributed by atoms with Gasteiger partial charge in [-0.2, -0.15) is 0 Å². The molecule has 0 unspecified atom stereocenters. The normalized spacial score (nSPS) is 11.2. The number of nitrogens with zero attached hydrogens (tertiary/aromatic N) is 1. The van der Waals surface area contributed by atoms with E-state index in [-0.39, 0.29) is 17.4 Å². The summed E-state index contributed by atoms with van der Waals surface area (Å²) < 4.78 is 19.6. The summed E-state index contributed by atoms with van der Waals surface area (Å²) in [4.78, 5) is 16.4. The van der Waals surface area contributed by atoms with E-state index in [4.69, 9.17) is 16.0 Å². The van der Waals surface area contributed by atoms with Gasteiger partial charge in [-0.15, -0.1) is 0 Å². The Bertz CT molecular complexity index is 1180. The highest BCUT2D eigenvalue weighted by molar-refractivity contribution is 6.30. The molecule has 138 valence electrons. The fourth-order valence-electron chi connectivity index (χ4n) is 2.68. The Labute approximate surface area is 165 Å². The van der Waals surface area contributed by atoms with Gasteiger partial charge in [0, 0.05) is 22.9 Å². The molecule has 0 aliphatic heterocycles. The number of hydrogen-bond donors (Lipinski definition) is 1. The summed E-state index contributed by atoms with van der Waals surface area (Å²) >= 11 is 5.84. The number of rotatable bonds is 4. The van der Waals surface area contributed by atoms with Gasteiger partial charge in [0.05, 0.1) is 5.56 Å². The van der Waals surface area contributed by atoms with Crippen LogP contribution in [0.5, 0.6) is 0 Å². The fraction of sp³-hybridized carbons (Fsp3) is 0. The van der Waals surface area contributed by atoms with E-state index in [9.17, 15) is 9.18 Å². The van der Waals surface area contributed by atoms with E-state index in [1.807, 2.05) is 12.1 Å². The Hall–Kier alpha value is -3.44. The molecule has 0 radical (unpaired) electrons. The van der Waals surface area contributed by atoms with E-state index < -0.39 is 5.82 Å². The summed E-state index contributed by atoms with van der Waals surface area (Å²) in [5, 5.41) is 3.40. The molecular formula is C22H14ClFN2O2. The lowest BCUT2D eigenvalue weighted by Crippen LogP contribution is -2.07. The first-order chi connectivity index (χ1) is 13.6. The number of carbonyl (C=O) groups excluding carboxylic acids is 1. The van der Waals surface area contributed by atoms with Gasteiger partial charge >= 0.3 is 0 Å². The predicted octanol–water partition coefficient (Wildman–Crippen LogP) is 5.94. The van der Waals surface area contributed by atoms with E-state index in [1.165, 1.54) is 12.1 Å². The standard InChI is InChI=1S/C22H14ClFN2O2/c23-15-8-5-14(6-9-15)7-12-21(27)25-16-10-11-19-20(13-16)28-22(26-19)17-3-1-2-4-18(17)24/h1-13H,(H,25,27). The van der Waals surface area contributed by atoms with Crippen molar-refractivity contribution in [2.75, 3.05) is 5.32 Å². The Morgan fingerprint density at radius 1 is 1.07 bits per heavy atom. The summed E-state index contributed by atoms with van der Waals surface area (Å²) in [5.74, 6) is -0.503. The molecule has 3 aromatic carbocycles. The quantitative estimate of drug-likeness (QED) is 0.437. The van der Waals surface area contributed by atoms with Crippen molar-refractivity contribution in [3.63, 3.8) is 0 Å². The lowest BCUT2D eigenvalue weighted by atomic mass is 10.2. The number of hydrogen-bond acceptors (Lipinski definition) is 3. The number of aromatic nitrogens is 1. The third-order valence-electron chi connectivity index (χ3n) is 4.06. The summed E-state index contributed by atoms with van der Waals surface area (Å²) in [7, 11) is 0. The number of nitrogens with one attached hydrogen (secondary N) is 1. The largest absolute Gasteiger partial charge is 0.436 e. The molecule has 1 amide bonds. The molecule has 1 heterocycles. The summed E-state index contributed by atoms with van der Waals surface area (Å²) in [6, 6.07) is 18.5. The van der Waals surface area contributed by atoms with Crippen LogP contribution in [0.3, 0.4) is 0 Å². The summed E-state index contributed by atoms with van der Waals surface area (Å²) in [6.45, 7) is 0. The molecule has 1 aromatic heterocycles. The van der Waals surface area contributed by atoms with Crippen molar-refractivity contribution < 1.29 is 13.6 Å². The lowest BCUT2D eigenvalue weighted by molar-refractivity contribution is -0.111. The van der Waals surface area contributed by atoms with Crippen molar-refractivity contribution in [1.82, 2.24) is 4.98 Å². The molecule has 28 heavy (non-hydrogen) atoms. The van der Waals surface area contributed by atoms with Crippen LogP contribution in [-0.2, 0) is 4.79 Å². The van der Waals surface area contributed by atoms with Crippen molar-refractivity contribution in [2.45, 2.75) is 0 Å². The molecule has 0 saturated carbocycles. The van der Waals surface area contributed by atoms with E-state index in [1.54, 1.807) is 54.6 Å². The van der Waals surface area contributed by atoms with Gasteiger partial charge in [0.25, 0.3) is 0 Å². The van der Waals surface area contributed by atoms with Crippen molar-refractivity contribution in [2.24, 2.45) is 0 Å². The van der Waals surface area contributed by atoms with E-state index in [2.05, 4.69) is 10.3 Å². The maximum Gasteiger partial charge on any atom is 0.248 e. The van der Waals surface area contributed by atoms with Crippen LogP contribution in [0.1, 0.15) is 5.56 Å². The zero-order valence-electron chi connectivity index (χ0n) is 14.5. The van der Waals surface area contributed by atoms with Gasteiger partial charge in [0.2, 0.25) is 11.8 Å². The molecule has 0 spiro atoms. The van der Waals surface area contributed by atoms with Crippen LogP contribution in [-0.4, -0.2) is 10.9 Å². The maximum absolute atomic E-state index is 13.9. The summed E-state index contributed by atoms with van der Waals surface area (Å²) in [5.41, 5.74) is 2.73. The number of carbonyl (C=O) groups is 1. The van der Waals surface area contributed by atoms with E-state index >= 15 is 0 Å². The fourth-order valence-corrected chi connectivity index (χ4v) is 2.81. The molecule has 4 nitrogen and oxygen atoms in total. The highest BCUT2D eigenvalue weighted by atomic mass is 35.5. The lowest BCUT2D eigenvalue weighted by Gasteiger charge is -2.01. The minimum atomic E-state index is -0.407. The zero-order chi connectivity index (χ0) is 19.5. The van der Waals surface area contributed by atoms with Crippen LogP contribution < -0.4 is 5.32 Å². The topological polar surface area (TPSA) is 55.1 Å². The molecule has 4 aromatic rings. The van der Waals surface area contributed by atoms with Crippen LogP contribution in [0.15, 0.2) is 77.2 Å². The number of amides is 1. The van der Waals surface area contributed by atoms with E-state index in [0.29, 0.717) is 21.8 Å². The molecule has 0 aliphatic carbocycles. The molecule has 0 bridgehead atoms. The number of fused-ring (bicyclic) bond motifs is 1. The van der Waals surface area contributed by atoms with Gasteiger partial charge in [-0.1, -0.05) is 35.9 Å². The van der Waals surface area contributed by atoms with Crippen molar-refractivity contribution in [3.05, 3.63) is 89.2 Å². The number of anilines is 1. The molecule has 0 fully saturated rings.